The van der Waals surface area contributed by atoms with Gasteiger partial charge >= 0.3 is 161 Å². The van der Waals surface area contributed by atoms with Crippen LogP contribution in [-0.4, -0.2) is 5.01 Å². The average Bonchev–Trinajstić information content (AvgIpc) is 3.26. The van der Waals surface area contributed by atoms with E-state index in [4.69, 9.17) is 13.6 Å². The van der Waals surface area contributed by atoms with Crippen molar-refractivity contribution in [2.45, 2.75) is 11.4 Å². The van der Waals surface area contributed by atoms with Crippen LogP contribution >= 0.6 is 24.8 Å². The van der Waals surface area contributed by atoms with Gasteiger partial charge in [-0.05, 0) is 0 Å². The number of hydrogen-bond donors (Lipinski definition) is 0. The molecule has 1 nitrogen and oxygen atoms in total. The number of rotatable bonds is 2. The normalized spacial score (nSPS) is 17.5. The molecule has 1 heterocycles. The maximum absolute atomic E-state index is 6.19. The van der Waals surface area contributed by atoms with Crippen LogP contribution < -0.4 is 41.8 Å². The van der Waals surface area contributed by atoms with Crippen LogP contribution in [0.3, 0.4) is 0 Å². The monoisotopic (exact) mass is 540 g/mol. The van der Waals surface area contributed by atoms with Crippen LogP contribution in [0.1, 0.15) is 11.1 Å². The van der Waals surface area contributed by atoms with Crippen LogP contribution in [0.5, 0.6) is 0 Å². The Hall–Kier alpha value is -0.377. The Kier molecular flexibility index (Phi) is 6.21. The van der Waals surface area contributed by atoms with Crippen molar-refractivity contribution in [3.05, 3.63) is 75.7 Å². The Morgan fingerprint density at radius 3 is 2.69 bits per heavy atom. The van der Waals surface area contributed by atoms with Crippen LogP contribution in [0.25, 0.3) is 17.9 Å². The predicted molar refractivity (Wildman–Crippen MR) is 101 cm³/mol. The first-order valence-electron chi connectivity index (χ1n) is 7.93. The van der Waals surface area contributed by atoms with Crippen molar-refractivity contribution < 1.29 is 49.3 Å². The summed E-state index contributed by atoms with van der Waals surface area (Å²) < 4.78 is 8.78. The molecule has 3 aliphatic rings. The van der Waals surface area contributed by atoms with Gasteiger partial charge in [0.25, 0.3) is 0 Å². The zero-order chi connectivity index (χ0) is 16.3. The summed E-state index contributed by atoms with van der Waals surface area (Å²) in [6.07, 6.45) is 9.87. The Balaban J connectivity index is 0.000000980. The Morgan fingerprint density at radius 2 is 1.85 bits per heavy atom. The summed E-state index contributed by atoms with van der Waals surface area (Å²) in [5.74, 6) is 1.01. The third-order valence-corrected chi connectivity index (χ3v) is 12.3. The third-order valence-electron chi connectivity index (χ3n) is 4.75. The zero-order valence-electron chi connectivity index (χ0n) is 13.5. The molecular weight excluding hydrogens is 530 g/mol. The molecule has 0 bridgehead atoms. The summed E-state index contributed by atoms with van der Waals surface area (Å²) in [5, 5.41) is 2.47. The summed E-state index contributed by atoms with van der Waals surface area (Å²) in [4.78, 5) is 0. The van der Waals surface area contributed by atoms with Crippen molar-refractivity contribution in [3.63, 3.8) is 0 Å². The van der Waals surface area contributed by atoms with Gasteiger partial charge in [0.2, 0.25) is 0 Å². The fourth-order valence-electron chi connectivity index (χ4n) is 3.68. The minimum absolute atomic E-state index is 0. The predicted octanol–water partition coefficient (Wildman–Crippen LogP) is -3.47. The van der Waals surface area contributed by atoms with Gasteiger partial charge < -0.3 is 24.8 Å². The van der Waals surface area contributed by atoms with Crippen LogP contribution in [0.2, 0.25) is 0 Å². The minimum atomic E-state index is -2.39. The molecule has 2 aromatic rings. The number of allylic oxidation sites excluding steroid dienone is 1. The number of hydrogen-bond acceptors (Lipinski definition) is 2. The average molecular weight is 543 g/mol. The van der Waals surface area contributed by atoms with Gasteiger partial charge in [-0.2, -0.15) is 0 Å². The van der Waals surface area contributed by atoms with E-state index in [0.717, 1.165) is 12.2 Å². The molecule has 0 radical (unpaired) electrons. The van der Waals surface area contributed by atoms with Crippen molar-refractivity contribution in [1.29, 1.82) is 0 Å². The van der Waals surface area contributed by atoms with Gasteiger partial charge in [-0.1, -0.05) is 0 Å². The molecule has 1 unspecified atom stereocenters. The number of fused-ring (bicyclic) bond motifs is 3. The second-order valence-corrected chi connectivity index (χ2v) is 13.7. The van der Waals surface area contributed by atoms with E-state index in [0.29, 0.717) is 0 Å². The van der Waals surface area contributed by atoms with E-state index in [1.165, 1.54) is 33.7 Å². The van der Waals surface area contributed by atoms with Gasteiger partial charge in [-0.15, -0.1) is 0 Å². The molecule has 6 heteroatoms. The molecule has 5 rings (SSSR count). The topological polar surface area (TPSA) is 9.23 Å². The van der Waals surface area contributed by atoms with E-state index < -0.39 is 19.7 Å². The Labute approximate surface area is 184 Å². The van der Waals surface area contributed by atoms with Gasteiger partial charge in [0.05, 0.1) is 0 Å². The summed E-state index contributed by atoms with van der Waals surface area (Å²) in [6.45, 7) is 0. The SMILES string of the molecule is [Cl-].[Cl-].[S]=[Zr+2]([c]1cccc2c1C=CC2)[c]1cccc2c1=C1OC(Br)C=C1C=2. The molecule has 0 N–H and O–H groups in total. The molecule has 1 aliphatic heterocycles. The molecule has 0 saturated carbocycles. The van der Waals surface area contributed by atoms with E-state index >= 15 is 0 Å². The maximum atomic E-state index is 6.19. The van der Waals surface area contributed by atoms with E-state index in [1.807, 2.05) is 0 Å². The Morgan fingerprint density at radius 1 is 1.08 bits per heavy atom. The van der Waals surface area contributed by atoms with Gasteiger partial charge in [-0.3, -0.25) is 0 Å². The molecular formula is C20H13BrCl2OSZr. The number of alkyl halides is 1. The fraction of sp³-hybridized carbons (Fsp3) is 0.100. The first-order chi connectivity index (χ1) is 11.7. The van der Waals surface area contributed by atoms with E-state index in [9.17, 15) is 0 Å². The quantitative estimate of drug-likeness (QED) is 0.365. The third kappa shape index (κ3) is 3.18. The standard InChI is InChI=1S/C11H6BrO.C9H7.2ClH.S.Zr/c12-10-6-8-5-7-3-1-2-4-9(7)11(8)13-10;1-2-5-9-7-3-6-8(9)4-1;;;;/h1-3,5-6,10H;1-4,7H,6H2;2*1H;;/q;;;;;+2/p-2. The molecule has 0 saturated heterocycles. The molecule has 130 valence electrons. The second kappa shape index (κ2) is 7.93. The molecule has 26 heavy (non-hydrogen) atoms. The summed E-state index contributed by atoms with van der Waals surface area (Å²) in [7, 11) is 6.19. The number of halogens is 3. The van der Waals surface area contributed by atoms with Crippen LogP contribution in [0.15, 0.2) is 54.1 Å². The molecule has 2 aliphatic carbocycles. The zero-order valence-corrected chi connectivity index (χ0v) is 19.9. The van der Waals surface area contributed by atoms with Crippen LogP contribution in [0.4, 0.5) is 0 Å². The summed E-state index contributed by atoms with van der Waals surface area (Å²) in [5.41, 5.74) is 3.98. The number of ether oxygens (including phenoxy) is 1. The number of benzene rings is 2. The first-order valence-corrected chi connectivity index (χ1v) is 14.7. The fourth-order valence-corrected chi connectivity index (χ4v) is 10.5. The van der Waals surface area contributed by atoms with Crippen LogP contribution in [-0.2, 0) is 30.9 Å². The van der Waals surface area contributed by atoms with Gasteiger partial charge in [0.1, 0.15) is 0 Å². The van der Waals surface area contributed by atoms with Gasteiger partial charge in [-0.25, -0.2) is 0 Å². The van der Waals surface area contributed by atoms with E-state index in [-0.39, 0.29) is 29.8 Å². The molecule has 0 aromatic heterocycles. The molecule has 2 aromatic carbocycles. The molecule has 0 spiro atoms. The van der Waals surface area contributed by atoms with Crippen molar-refractivity contribution in [1.82, 2.24) is 0 Å². The van der Waals surface area contributed by atoms with E-state index in [1.54, 1.807) is 0 Å². The molecule has 1 atom stereocenters. The summed E-state index contributed by atoms with van der Waals surface area (Å²) >= 11 is 1.15. The van der Waals surface area contributed by atoms with E-state index in [2.05, 4.69) is 76.6 Å². The van der Waals surface area contributed by atoms with Crippen molar-refractivity contribution in [3.8, 4) is 0 Å². The van der Waals surface area contributed by atoms with Crippen molar-refractivity contribution in [2.24, 2.45) is 0 Å². The van der Waals surface area contributed by atoms with Crippen molar-refractivity contribution in [2.75, 3.05) is 0 Å². The van der Waals surface area contributed by atoms with Gasteiger partial charge in [0, 0.05) is 0 Å². The van der Waals surface area contributed by atoms with Gasteiger partial charge in [0.15, 0.2) is 0 Å². The van der Waals surface area contributed by atoms with Crippen LogP contribution in [0, 0.1) is 0 Å². The second-order valence-electron chi connectivity index (χ2n) is 6.15. The van der Waals surface area contributed by atoms with Crippen molar-refractivity contribution >= 4 is 49.2 Å². The first kappa shape index (κ1) is 20.4. The molecule has 0 amide bonds. The Bertz CT molecular complexity index is 1110. The molecule has 0 fully saturated rings. The summed E-state index contributed by atoms with van der Waals surface area (Å²) in [6, 6.07) is 13.2.